The van der Waals surface area contributed by atoms with Crippen molar-refractivity contribution in [2.75, 3.05) is 0 Å². The molecule has 3 aromatic rings. The van der Waals surface area contributed by atoms with Gasteiger partial charge in [0.2, 0.25) is 0 Å². The Kier molecular flexibility index (Phi) is 4.00. The topological polar surface area (TPSA) is 70.9 Å². The van der Waals surface area contributed by atoms with Crippen LogP contribution in [0.15, 0.2) is 35.3 Å². The Morgan fingerprint density at radius 2 is 2.17 bits per heavy atom. The van der Waals surface area contributed by atoms with Crippen molar-refractivity contribution in [2.24, 2.45) is 0 Å². The van der Waals surface area contributed by atoms with Crippen LogP contribution in [0.5, 0.6) is 0 Å². The molecule has 0 radical (unpaired) electrons. The molecular weight excluding hydrogens is 297 g/mol. The van der Waals surface area contributed by atoms with Crippen LogP contribution in [0, 0.1) is 12.7 Å². The molecule has 0 fully saturated rings. The molecule has 0 saturated heterocycles. The number of aliphatic hydroxyl groups is 1. The van der Waals surface area contributed by atoms with Gasteiger partial charge in [0.1, 0.15) is 5.82 Å². The lowest BCUT2D eigenvalue weighted by molar-refractivity contribution is 0.150. The number of benzene rings is 1. The number of H-pyrrole nitrogens is 1. The number of aromatic nitrogens is 3. The van der Waals surface area contributed by atoms with Crippen molar-refractivity contribution in [1.82, 2.24) is 14.5 Å². The molecule has 6 heteroatoms. The van der Waals surface area contributed by atoms with E-state index in [-0.39, 0.29) is 18.1 Å². The summed E-state index contributed by atoms with van der Waals surface area (Å²) in [6, 6.07) is 6.40. The first-order valence-electron chi connectivity index (χ1n) is 7.52. The number of nitrogens with zero attached hydrogens (tertiary/aromatic N) is 2. The van der Waals surface area contributed by atoms with Gasteiger partial charge < -0.3 is 5.11 Å². The lowest BCUT2D eigenvalue weighted by Crippen LogP contribution is -2.24. The van der Waals surface area contributed by atoms with Crippen molar-refractivity contribution < 1.29 is 9.50 Å². The predicted octanol–water partition coefficient (Wildman–Crippen LogP) is 2.61. The van der Waals surface area contributed by atoms with Gasteiger partial charge in [0.15, 0.2) is 5.65 Å². The number of pyridine rings is 1. The van der Waals surface area contributed by atoms with Crippen LogP contribution in [0.1, 0.15) is 18.9 Å². The third-order valence-electron chi connectivity index (χ3n) is 3.99. The number of hydrogen-bond donors (Lipinski definition) is 2. The van der Waals surface area contributed by atoms with Crippen LogP contribution in [0.25, 0.3) is 22.3 Å². The minimum Gasteiger partial charge on any atom is -0.391 e. The maximum Gasteiger partial charge on any atom is 0.327 e. The number of rotatable bonds is 4. The summed E-state index contributed by atoms with van der Waals surface area (Å²) in [5.41, 5.74) is 3.26. The number of imidazole rings is 1. The summed E-state index contributed by atoms with van der Waals surface area (Å²) in [6.45, 7) is 3.90. The first-order valence-corrected chi connectivity index (χ1v) is 7.52. The van der Waals surface area contributed by atoms with Crippen molar-refractivity contribution in [1.29, 1.82) is 0 Å². The fraction of sp³-hybridized carbons (Fsp3) is 0.294. The van der Waals surface area contributed by atoms with E-state index in [4.69, 9.17) is 0 Å². The number of fused-ring (bicyclic) bond motifs is 1. The minimum atomic E-state index is -0.595. The van der Waals surface area contributed by atoms with Crippen molar-refractivity contribution in [3.63, 3.8) is 0 Å². The third-order valence-corrected chi connectivity index (χ3v) is 3.99. The highest BCUT2D eigenvalue weighted by molar-refractivity contribution is 5.79. The molecule has 2 N–H and O–H groups in total. The van der Waals surface area contributed by atoms with Gasteiger partial charge in [-0.25, -0.2) is 14.2 Å². The van der Waals surface area contributed by atoms with E-state index in [2.05, 4.69) is 9.97 Å². The van der Waals surface area contributed by atoms with Gasteiger partial charge in [-0.1, -0.05) is 13.0 Å². The van der Waals surface area contributed by atoms with E-state index >= 15 is 0 Å². The monoisotopic (exact) mass is 315 g/mol. The van der Waals surface area contributed by atoms with Gasteiger partial charge in [-0.05, 0) is 42.7 Å². The third kappa shape index (κ3) is 2.90. The molecule has 1 aromatic carbocycles. The van der Waals surface area contributed by atoms with E-state index in [1.807, 2.05) is 19.9 Å². The molecule has 23 heavy (non-hydrogen) atoms. The average molecular weight is 315 g/mol. The van der Waals surface area contributed by atoms with Gasteiger partial charge in [0, 0.05) is 11.8 Å². The number of nitrogens with one attached hydrogen (secondary N) is 1. The maximum absolute atomic E-state index is 13.3. The summed E-state index contributed by atoms with van der Waals surface area (Å²) in [4.78, 5) is 19.0. The van der Waals surface area contributed by atoms with E-state index in [0.717, 1.165) is 16.7 Å². The molecule has 3 rings (SSSR count). The molecule has 0 amide bonds. The summed E-state index contributed by atoms with van der Waals surface area (Å²) in [6.07, 6.45) is 1.62. The summed E-state index contributed by atoms with van der Waals surface area (Å²) >= 11 is 0. The minimum absolute atomic E-state index is 0.211. The number of aromatic amines is 1. The maximum atomic E-state index is 13.3. The predicted molar refractivity (Wildman–Crippen MR) is 86.8 cm³/mol. The molecular formula is C17H18FN3O2. The van der Waals surface area contributed by atoms with Crippen molar-refractivity contribution >= 4 is 11.2 Å². The van der Waals surface area contributed by atoms with Crippen LogP contribution in [-0.4, -0.2) is 25.7 Å². The molecule has 5 nitrogen and oxygen atoms in total. The van der Waals surface area contributed by atoms with Crippen LogP contribution in [0.2, 0.25) is 0 Å². The van der Waals surface area contributed by atoms with E-state index in [9.17, 15) is 14.3 Å². The Morgan fingerprint density at radius 3 is 2.87 bits per heavy atom. The second-order valence-electron chi connectivity index (χ2n) is 5.65. The summed E-state index contributed by atoms with van der Waals surface area (Å²) in [7, 11) is 0. The molecule has 0 bridgehead atoms. The molecule has 0 aliphatic heterocycles. The fourth-order valence-electron chi connectivity index (χ4n) is 2.65. The quantitative estimate of drug-likeness (QED) is 0.777. The second kappa shape index (κ2) is 5.96. The van der Waals surface area contributed by atoms with Crippen molar-refractivity contribution in [2.45, 2.75) is 32.9 Å². The largest absolute Gasteiger partial charge is 0.391 e. The molecule has 0 unspecified atom stereocenters. The highest BCUT2D eigenvalue weighted by Crippen LogP contribution is 2.25. The summed E-state index contributed by atoms with van der Waals surface area (Å²) in [5, 5.41) is 9.84. The molecule has 0 saturated carbocycles. The second-order valence-corrected chi connectivity index (χ2v) is 5.65. The molecule has 0 spiro atoms. The molecule has 2 aromatic heterocycles. The first kappa shape index (κ1) is 15.4. The number of aliphatic hydroxyl groups excluding tert-OH is 1. The number of aryl methyl sites for hydroxylation is 1. The molecule has 2 heterocycles. The standard InChI is InChI=1S/C17H18FN3O2/c1-3-13(22)9-21-15-7-11(8-19-16(15)20-17(21)23)14-5-4-12(18)6-10(14)2/h4-8,13,22H,3,9H2,1-2H3,(H,19,20,23)/t13-/m0/s1. The normalized spacial score (nSPS) is 12.7. The highest BCUT2D eigenvalue weighted by Gasteiger charge is 2.13. The number of hydrogen-bond acceptors (Lipinski definition) is 3. The average Bonchev–Trinajstić information content (AvgIpc) is 2.82. The van der Waals surface area contributed by atoms with Crippen LogP contribution >= 0.6 is 0 Å². The Morgan fingerprint density at radius 1 is 1.39 bits per heavy atom. The Balaban J connectivity index is 2.14. The van der Waals surface area contributed by atoms with E-state index in [1.165, 1.54) is 16.7 Å². The van der Waals surface area contributed by atoms with Crippen molar-refractivity contribution in [3.05, 3.63) is 52.3 Å². The zero-order valence-corrected chi connectivity index (χ0v) is 13.0. The summed E-state index contributed by atoms with van der Waals surface area (Å²) < 4.78 is 14.8. The van der Waals surface area contributed by atoms with Crippen LogP contribution in [0.4, 0.5) is 4.39 Å². The highest BCUT2D eigenvalue weighted by atomic mass is 19.1. The van der Waals surface area contributed by atoms with Crippen LogP contribution in [0.3, 0.4) is 0 Å². The lowest BCUT2D eigenvalue weighted by atomic mass is 10.0. The first-order chi connectivity index (χ1) is 11.0. The van der Waals surface area contributed by atoms with E-state index in [1.54, 1.807) is 12.3 Å². The smallest absolute Gasteiger partial charge is 0.327 e. The van der Waals surface area contributed by atoms with Crippen LogP contribution < -0.4 is 5.69 Å². The number of halogens is 1. The summed E-state index contributed by atoms with van der Waals surface area (Å²) in [5.74, 6) is -0.287. The van der Waals surface area contributed by atoms with Gasteiger partial charge in [0.05, 0.1) is 18.2 Å². The van der Waals surface area contributed by atoms with Gasteiger partial charge in [-0.15, -0.1) is 0 Å². The molecule has 0 aliphatic carbocycles. The Bertz CT molecular complexity index is 914. The SMILES string of the molecule is CC[C@H](O)Cn1c(=O)[nH]c2ncc(-c3ccc(F)cc3C)cc21. The van der Waals surface area contributed by atoms with Gasteiger partial charge in [-0.3, -0.25) is 9.55 Å². The van der Waals surface area contributed by atoms with Crippen LogP contribution in [-0.2, 0) is 6.54 Å². The zero-order chi connectivity index (χ0) is 16.6. The Hall–Kier alpha value is -2.47. The zero-order valence-electron chi connectivity index (χ0n) is 13.0. The van der Waals surface area contributed by atoms with E-state index in [0.29, 0.717) is 17.6 Å². The Labute approximate surface area is 132 Å². The van der Waals surface area contributed by atoms with E-state index < -0.39 is 6.10 Å². The van der Waals surface area contributed by atoms with Gasteiger partial charge >= 0.3 is 5.69 Å². The van der Waals surface area contributed by atoms with Crippen molar-refractivity contribution in [3.8, 4) is 11.1 Å². The van der Waals surface area contributed by atoms with Gasteiger partial charge in [0.25, 0.3) is 0 Å². The van der Waals surface area contributed by atoms with Gasteiger partial charge in [-0.2, -0.15) is 0 Å². The molecule has 0 aliphatic rings. The molecule has 120 valence electrons. The molecule has 1 atom stereocenters. The lowest BCUT2D eigenvalue weighted by Gasteiger charge is -2.10. The fourth-order valence-corrected chi connectivity index (χ4v) is 2.65.